The summed E-state index contributed by atoms with van der Waals surface area (Å²) >= 11 is 15.5. The Morgan fingerprint density at radius 2 is 1.45 bits per heavy atom. The molecule has 0 amide bonds. The molecule has 3 nitrogen and oxygen atoms in total. The van der Waals surface area contributed by atoms with Crippen LogP contribution in [0.5, 0.6) is 11.5 Å². The van der Waals surface area contributed by atoms with E-state index in [4.69, 9.17) is 32.7 Å². The van der Waals surface area contributed by atoms with Crippen molar-refractivity contribution in [3.8, 4) is 11.5 Å². The van der Waals surface area contributed by atoms with E-state index < -0.39 is 0 Å². The van der Waals surface area contributed by atoms with E-state index in [1.165, 1.54) is 5.56 Å². The van der Waals surface area contributed by atoms with Gasteiger partial charge in [0.2, 0.25) is 0 Å². The first kappa shape index (κ1) is 25.8. The fourth-order valence-electron chi connectivity index (χ4n) is 2.98. The average Bonchev–Trinajstić information content (AvgIpc) is 2.73. The minimum Gasteiger partial charge on any atom is -0.490 e. The highest BCUT2D eigenvalue weighted by Gasteiger charge is 2.13. The first-order valence-corrected chi connectivity index (χ1v) is 11.4. The third-order valence-corrected chi connectivity index (χ3v) is 5.59. The van der Waals surface area contributed by atoms with Crippen LogP contribution in [0, 0.1) is 0 Å². The highest BCUT2D eigenvalue weighted by Crippen LogP contribution is 2.37. The van der Waals surface area contributed by atoms with Crippen molar-refractivity contribution in [3.63, 3.8) is 0 Å². The van der Waals surface area contributed by atoms with Gasteiger partial charge in [-0.15, -0.1) is 12.4 Å². The topological polar surface area (TPSA) is 30.5 Å². The molecule has 0 aliphatic carbocycles. The number of halogens is 4. The fourth-order valence-corrected chi connectivity index (χ4v) is 3.83. The van der Waals surface area contributed by atoms with Crippen LogP contribution in [-0.2, 0) is 19.6 Å². The van der Waals surface area contributed by atoms with Crippen LogP contribution in [0.4, 0.5) is 0 Å². The van der Waals surface area contributed by atoms with E-state index in [2.05, 4.69) is 39.4 Å². The molecule has 0 heterocycles. The Balaban J connectivity index is 0.00000341. The van der Waals surface area contributed by atoms with Gasteiger partial charge in [0, 0.05) is 16.6 Å². The Morgan fingerprint density at radius 3 is 2.06 bits per heavy atom. The smallest absolute Gasteiger partial charge is 0.175 e. The highest BCUT2D eigenvalue weighted by molar-refractivity contribution is 9.10. The number of ether oxygens (including phenoxy) is 2. The Hall–Kier alpha value is -1.43. The van der Waals surface area contributed by atoms with Gasteiger partial charge in [-0.05, 0) is 88.9 Å². The van der Waals surface area contributed by atoms with Crippen LogP contribution < -0.4 is 14.8 Å². The first-order chi connectivity index (χ1) is 14.5. The van der Waals surface area contributed by atoms with Crippen LogP contribution in [0.2, 0.25) is 10.0 Å². The fraction of sp³-hybridized carbons (Fsp3) is 0.250. The Bertz CT molecular complexity index is 950. The van der Waals surface area contributed by atoms with E-state index in [1.807, 2.05) is 49.4 Å². The Labute approximate surface area is 208 Å². The highest BCUT2D eigenvalue weighted by atomic mass is 79.9. The van der Waals surface area contributed by atoms with Gasteiger partial charge < -0.3 is 14.8 Å². The first-order valence-electron chi connectivity index (χ1n) is 9.82. The molecule has 0 aliphatic heterocycles. The van der Waals surface area contributed by atoms with E-state index in [9.17, 15) is 0 Å². The molecule has 166 valence electrons. The van der Waals surface area contributed by atoms with Crippen molar-refractivity contribution in [2.75, 3.05) is 13.2 Å². The summed E-state index contributed by atoms with van der Waals surface area (Å²) in [7, 11) is 0. The predicted molar refractivity (Wildman–Crippen MR) is 135 cm³/mol. The van der Waals surface area contributed by atoms with E-state index in [1.54, 1.807) is 0 Å². The van der Waals surface area contributed by atoms with Gasteiger partial charge in [-0.2, -0.15) is 0 Å². The second-order valence-electron chi connectivity index (χ2n) is 6.81. The molecule has 0 radical (unpaired) electrons. The molecule has 3 aromatic rings. The summed E-state index contributed by atoms with van der Waals surface area (Å²) in [6.45, 7) is 4.58. The summed E-state index contributed by atoms with van der Waals surface area (Å²) in [5, 5.41) is 4.95. The maximum Gasteiger partial charge on any atom is 0.175 e. The molecular formula is C24H25BrCl3NO2. The number of nitrogens with one attached hydrogen (secondary N) is 1. The maximum absolute atomic E-state index is 6.05. The molecule has 0 saturated heterocycles. The minimum atomic E-state index is 0. The zero-order valence-electron chi connectivity index (χ0n) is 17.2. The van der Waals surface area contributed by atoms with E-state index in [0.717, 1.165) is 45.9 Å². The Morgan fingerprint density at radius 1 is 0.839 bits per heavy atom. The van der Waals surface area contributed by atoms with Gasteiger partial charge in [-0.1, -0.05) is 47.5 Å². The maximum atomic E-state index is 6.05. The minimum absolute atomic E-state index is 0. The molecule has 0 aliphatic rings. The van der Waals surface area contributed by atoms with Gasteiger partial charge in [0.05, 0.1) is 11.1 Å². The molecule has 0 bridgehead atoms. The van der Waals surface area contributed by atoms with Crippen LogP contribution in [-0.4, -0.2) is 13.2 Å². The zero-order valence-corrected chi connectivity index (χ0v) is 21.1. The lowest BCUT2D eigenvalue weighted by atomic mass is 10.1. The van der Waals surface area contributed by atoms with Crippen molar-refractivity contribution < 1.29 is 9.47 Å². The quantitative estimate of drug-likeness (QED) is 0.268. The summed E-state index contributed by atoms with van der Waals surface area (Å²) in [6.07, 6.45) is 0.943. The lowest BCUT2D eigenvalue weighted by Gasteiger charge is -2.16. The molecular weight excluding hydrogens is 521 g/mol. The molecule has 1 N–H and O–H groups in total. The van der Waals surface area contributed by atoms with Crippen molar-refractivity contribution in [3.05, 3.63) is 91.9 Å². The number of hydrogen-bond donors (Lipinski definition) is 1. The van der Waals surface area contributed by atoms with E-state index in [0.29, 0.717) is 24.0 Å². The van der Waals surface area contributed by atoms with Gasteiger partial charge in [0.25, 0.3) is 0 Å². The Kier molecular flexibility index (Phi) is 11.0. The van der Waals surface area contributed by atoms with Crippen molar-refractivity contribution in [1.29, 1.82) is 0 Å². The second kappa shape index (κ2) is 13.2. The molecule has 31 heavy (non-hydrogen) atoms. The molecule has 0 aromatic heterocycles. The molecule has 7 heteroatoms. The van der Waals surface area contributed by atoms with Crippen LogP contribution in [0.3, 0.4) is 0 Å². The molecule has 0 spiro atoms. The standard InChI is InChI=1S/C24H24BrCl2NO2.ClH/c1-2-29-23-14-19(15-28-12-11-17-3-7-20(26)8-4-17)13-22(25)24(23)30-16-18-5-9-21(27)10-6-18;/h3-10,13-14,28H,2,11-12,15-16H2,1H3;1H. The van der Waals surface area contributed by atoms with Crippen molar-refractivity contribution in [2.24, 2.45) is 0 Å². The van der Waals surface area contributed by atoms with Gasteiger partial charge in [0.15, 0.2) is 11.5 Å². The van der Waals surface area contributed by atoms with Crippen LogP contribution in [0.1, 0.15) is 23.6 Å². The predicted octanol–water partition coefficient (Wildman–Crippen LogP) is 7.49. The van der Waals surface area contributed by atoms with Crippen LogP contribution in [0.25, 0.3) is 0 Å². The third-order valence-electron chi connectivity index (χ3n) is 4.50. The summed E-state index contributed by atoms with van der Waals surface area (Å²) < 4.78 is 12.8. The molecule has 0 saturated carbocycles. The normalized spacial score (nSPS) is 10.5. The monoisotopic (exact) mass is 543 g/mol. The van der Waals surface area contributed by atoms with Gasteiger partial charge >= 0.3 is 0 Å². The third kappa shape index (κ3) is 8.21. The second-order valence-corrected chi connectivity index (χ2v) is 8.53. The van der Waals surface area contributed by atoms with Crippen molar-refractivity contribution in [2.45, 2.75) is 26.5 Å². The van der Waals surface area contributed by atoms with Crippen LogP contribution >= 0.6 is 51.5 Å². The van der Waals surface area contributed by atoms with Crippen molar-refractivity contribution >= 4 is 51.5 Å². The summed E-state index contributed by atoms with van der Waals surface area (Å²) in [4.78, 5) is 0. The summed E-state index contributed by atoms with van der Waals surface area (Å²) in [6, 6.07) is 19.7. The van der Waals surface area contributed by atoms with E-state index in [-0.39, 0.29) is 12.4 Å². The van der Waals surface area contributed by atoms with Crippen molar-refractivity contribution in [1.82, 2.24) is 5.32 Å². The zero-order chi connectivity index (χ0) is 21.3. The largest absolute Gasteiger partial charge is 0.490 e. The number of benzene rings is 3. The number of rotatable bonds is 10. The average molecular weight is 546 g/mol. The molecule has 3 aromatic carbocycles. The van der Waals surface area contributed by atoms with Gasteiger partial charge in [-0.25, -0.2) is 0 Å². The van der Waals surface area contributed by atoms with Gasteiger partial charge in [0.1, 0.15) is 6.61 Å². The lowest BCUT2D eigenvalue weighted by molar-refractivity contribution is 0.267. The van der Waals surface area contributed by atoms with E-state index >= 15 is 0 Å². The molecule has 0 atom stereocenters. The van der Waals surface area contributed by atoms with Crippen LogP contribution in [0.15, 0.2) is 65.1 Å². The molecule has 0 unspecified atom stereocenters. The summed E-state index contributed by atoms with van der Waals surface area (Å²) in [5.41, 5.74) is 3.43. The molecule has 0 fully saturated rings. The lowest BCUT2D eigenvalue weighted by Crippen LogP contribution is -2.17. The molecule has 3 rings (SSSR count). The summed E-state index contributed by atoms with van der Waals surface area (Å²) in [5.74, 6) is 1.44. The number of hydrogen-bond acceptors (Lipinski definition) is 3. The van der Waals surface area contributed by atoms with Gasteiger partial charge in [-0.3, -0.25) is 0 Å². The SMILES string of the molecule is CCOc1cc(CNCCc2ccc(Cl)cc2)cc(Br)c1OCc1ccc(Cl)cc1.Cl.